The third kappa shape index (κ3) is 2.68. The monoisotopic (exact) mass is 373 g/mol. The molecule has 0 aromatic heterocycles. The first-order valence-electron chi connectivity index (χ1n) is 8.04. The third-order valence-electron chi connectivity index (χ3n) is 4.33. The van der Waals surface area contributed by atoms with Crippen molar-refractivity contribution in [1.29, 1.82) is 0 Å². The molecule has 1 heterocycles. The van der Waals surface area contributed by atoms with E-state index in [0.717, 1.165) is 22.4 Å². The fourth-order valence-corrected chi connectivity index (χ4v) is 4.81. The Kier molecular flexibility index (Phi) is 4.15. The van der Waals surface area contributed by atoms with Crippen molar-refractivity contribution in [2.45, 2.75) is 38.3 Å². The van der Waals surface area contributed by atoms with Crippen LogP contribution in [-0.4, -0.2) is 25.9 Å². The molecule has 6 nitrogen and oxygen atoms in total. The smallest absolute Gasteiger partial charge is 0.305 e. The molecule has 0 bridgehead atoms. The number of esters is 1. The summed E-state index contributed by atoms with van der Waals surface area (Å²) >= 11 is 0. The van der Waals surface area contributed by atoms with E-state index >= 15 is 0 Å². The summed E-state index contributed by atoms with van der Waals surface area (Å²) < 4.78 is 32.8. The number of fused-ring (bicyclic) bond motifs is 1. The van der Waals surface area contributed by atoms with E-state index < -0.39 is 27.5 Å². The molecule has 0 aliphatic carbocycles. The lowest BCUT2D eigenvalue weighted by molar-refractivity contribution is -0.149. The third-order valence-corrected chi connectivity index (χ3v) is 6.22. The van der Waals surface area contributed by atoms with Gasteiger partial charge in [-0.15, -0.1) is 0 Å². The Morgan fingerprint density at radius 1 is 1.04 bits per heavy atom. The maximum atomic E-state index is 13.3. The van der Waals surface area contributed by atoms with Crippen LogP contribution in [0.25, 0.3) is 0 Å². The van der Waals surface area contributed by atoms with Gasteiger partial charge in [-0.3, -0.25) is 9.59 Å². The summed E-state index contributed by atoms with van der Waals surface area (Å²) in [5, 5.41) is 0. The first-order valence-corrected chi connectivity index (χ1v) is 9.48. The molecule has 136 valence electrons. The van der Waals surface area contributed by atoms with Crippen LogP contribution in [0.2, 0.25) is 0 Å². The molecule has 1 aliphatic heterocycles. The number of hydrogen-bond acceptors (Lipinski definition) is 5. The summed E-state index contributed by atoms with van der Waals surface area (Å²) in [6.07, 6.45) is 0. The summed E-state index contributed by atoms with van der Waals surface area (Å²) in [5.74, 6) is -1.31. The van der Waals surface area contributed by atoms with E-state index in [1.807, 2.05) is 6.92 Å². The lowest BCUT2D eigenvalue weighted by Gasteiger charge is -2.33. The van der Waals surface area contributed by atoms with Crippen LogP contribution in [-0.2, 0) is 19.6 Å². The minimum Gasteiger partial charge on any atom is -0.430 e. The molecule has 2 aromatic carbocycles. The SMILES string of the molecule is CC(=O)OC1(C)C(=O)c2cc(C)ccc2N1S(=O)(=O)c1ccc(C)cc1. The van der Waals surface area contributed by atoms with Gasteiger partial charge in [0.25, 0.3) is 15.7 Å². The second-order valence-corrected chi connectivity index (χ2v) is 8.30. The number of nitrogens with zero attached hydrogens (tertiary/aromatic N) is 1. The van der Waals surface area contributed by atoms with Crippen molar-refractivity contribution in [3.8, 4) is 0 Å². The van der Waals surface area contributed by atoms with Crippen molar-refractivity contribution in [2.75, 3.05) is 4.31 Å². The van der Waals surface area contributed by atoms with Crippen LogP contribution in [0, 0.1) is 13.8 Å². The Morgan fingerprint density at radius 2 is 1.62 bits per heavy atom. The molecule has 2 aromatic rings. The Morgan fingerprint density at radius 3 is 2.19 bits per heavy atom. The number of ketones is 1. The zero-order valence-electron chi connectivity index (χ0n) is 14.9. The molecular formula is C19H19NO5S. The average molecular weight is 373 g/mol. The fourth-order valence-electron chi connectivity index (χ4n) is 3.12. The summed E-state index contributed by atoms with van der Waals surface area (Å²) in [4.78, 5) is 24.6. The molecule has 1 atom stereocenters. The van der Waals surface area contributed by atoms with Gasteiger partial charge in [-0.05, 0) is 38.1 Å². The summed E-state index contributed by atoms with van der Waals surface area (Å²) in [7, 11) is -4.13. The highest BCUT2D eigenvalue weighted by molar-refractivity contribution is 7.93. The van der Waals surface area contributed by atoms with Crippen LogP contribution in [0.3, 0.4) is 0 Å². The molecule has 7 heteroatoms. The second-order valence-electron chi connectivity index (χ2n) is 6.51. The highest BCUT2D eigenvalue weighted by Gasteiger charge is 2.56. The molecule has 0 radical (unpaired) electrons. The second kappa shape index (κ2) is 5.95. The zero-order chi connectivity index (χ0) is 19.3. The number of carbonyl (C=O) groups is 2. The number of sulfonamides is 1. The maximum Gasteiger partial charge on any atom is 0.305 e. The van der Waals surface area contributed by atoms with Gasteiger partial charge in [-0.2, -0.15) is 0 Å². The standard InChI is InChI=1S/C19H19NO5S/c1-12-5-8-15(9-6-12)26(23,24)20-17-10-7-13(2)11-16(17)18(22)19(20,4)25-14(3)21/h5-11H,1-4H3. The van der Waals surface area contributed by atoms with Gasteiger partial charge < -0.3 is 4.74 Å². The maximum absolute atomic E-state index is 13.3. The number of carbonyl (C=O) groups excluding carboxylic acids is 2. The molecular weight excluding hydrogens is 354 g/mol. The molecule has 1 aliphatic rings. The van der Waals surface area contributed by atoms with Gasteiger partial charge in [0, 0.05) is 19.4 Å². The Bertz CT molecular complexity index is 1010. The van der Waals surface area contributed by atoms with Gasteiger partial charge in [-0.25, -0.2) is 12.7 Å². The number of rotatable bonds is 3. The van der Waals surface area contributed by atoms with E-state index in [1.54, 1.807) is 37.3 Å². The minimum absolute atomic E-state index is 0.0164. The van der Waals surface area contributed by atoms with Crippen molar-refractivity contribution < 1.29 is 22.7 Å². The Balaban J connectivity index is 2.26. The van der Waals surface area contributed by atoms with Gasteiger partial charge in [0.1, 0.15) is 0 Å². The quantitative estimate of drug-likeness (QED) is 0.773. The van der Waals surface area contributed by atoms with Gasteiger partial charge in [-0.1, -0.05) is 29.3 Å². The van der Waals surface area contributed by atoms with Crippen molar-refractivity contribution in [1.82, 2.24) is 0 Å². The predicted octanol–water partition coefficient (Wildman–Crippen LogP) is 2.97. The summed E-state index contributed by atoms with van der Waals surface area (Å²) in [6, 6.07) is 11.1. The molecule has 3 rings (SSSR count). The van der Waals surface area contributed by atoms with E-state index in [-0.39, 0.29) is 16.1 Å². The first-order chi connectivity index (χ1) is 12.1. The van der Waals surface area contributed by atoms with Crippen LogP contribution in [0.15, 0.2) is 47.4 Å². The molecule has 0 N–H and O–H groups in total. The van der Waals surface area contributed by atoms with Crippen LogP contribution in [0.5, 0.6) is 0 Å². The number of benzene rings is 2. The number of Topliss-reactive ketones (excluding diaryl/α,β-unsaturated/α-hetero) is 1. The van der Waals surface area contributed by atoms with Crippen molar-refractivity contribution >= 4 is 27.5 Å². The summed E-state index contributed by atoms with van der Waals surface area (Å²) in [6.45, 7) is 6.09. The first kappa shape index (κ1) is 18.1. The Labute approximate surface area is 152 Å². The number of hydrogen-bond donors (Lipinski definition) is 0. The van der Waals surface area contributed by atoms with E-state index in [4.69, 9.17) is 4.74 Å². The number of aryl methyl sites for hydroxylation is 2. The highest BCUT2D eigenvalue weighted by Crippen LogP contribution is 2.43. The molecule has 0 spiro atoms. The van der Waals surface area contributed by atoms with Gasteiger partial charge in [0.2, 0.25) is 5.78 Å². The molecule has 0 saturated carbocycles. The topological polar surface area (TPSA) is 80.8 Å². The molecule has 1 unspecified atom stereocenters. The van der Waals surface area contributed by atoms with E-state index in [1.165, 1.54) is 19.1 Å². The highest BCUT2D eigenvalue weighted by atomic mass is 32.2. The molecule has 26 heavy (non-hydrogen) atoms. The summed E-state index contributed by atoms with van der Waals surface area (Å²) in [5.41, 5.74) is 0.150. The van der Waals surface area contributed by atoms with Crippen LogP contribution < -0.4 is 4.31 Å². The van der Waals surface area contributed by atoms with Gasteiger partial charge in [0.15, 0.2) is 0 Å². The molecule has 0 saturated heterocycles. The van der Waals surface area contributed by atoms with Gasteiger partial charge >= 0.3 is 5.97 Å². The van der Waals surface area contributed by atoms with Crippen molar-refractivity contribution in [2.24, 2.45) is 0 Å². The average Bonchev–Trinajstić information content (AvgIpc) is 2.75. The molecule has 0 amide bonds. The fraction of sp³-hybridized carbons (Fsp3) is 0.263. The molecule has 0 fully saturated rings. The van der Waals surface area contributed by atoms with E-state index in [2.05, 4.69) is 0 Å². The zero-order valence-corrected chi connectivity index (χ0v) is 15.8. The van der Waals surface area contributed by atoms with Crippen LogP contribution >= 0.6 is 0 Å². The van der Waals surface area contributed by atoms with Crippen molar-refractivity contribution in [3.05, 3.63) is 59.2 Å². The number of ether oxygens (including phenoxy) is 1. The largest absolute Gasteiger partial charge is 0.430 e. The van der Waals surface area contributed by atoms with E-state index in [0.29, 0.717) is 0 Å². The normalized spacial score (nSPS) is 19.4. The van der Waals surface area contributed by atoms with Gasteiger partial charge in [0.05, 0.1) is 10.6 Å². The van der Waals surface area contributed by atoms with Crippen LogP contribution in [0.4, 0.5) is 5.69 Å². The predicted molar refractivity (Wildman–Crippen MR) is 96.5 cm³/mol. The number of anilines is 1. The lowest BCUT2D eigenvalue weighted by Crippen LogP contribution is -2.53. The Hall–Kier alpha value is -2.67. The minimum atomic E-state index is -4.13. The van der Waals surface area contributed by atoms with Crippen LogP contribution in [0.1, 0.15) is 35.3 Å². The lowest BCUT2D eigenvalue weighted by atomic mass is 10.0. The van der Waals surface area contributed by atoms with E-state index in [9.17, 15) is 18.0 Å². The van der Waals surface area contributed by atoms with Crippen molar-refractivity contribution in [3.63, 3.8) is 0 Å².